The lowest BCUT2D eigenvalue weighted by atomic mass is 10.5. The van der Waals surface area contributed by atoms with E-state index in [0.29, 0.717) is 5.88 Å². The topological polar surface area (TPSA) is 9.23 Å². The maximum atomic E-state index is 5.43. The summed E-state index contributed by atoms with van der Waals surface area (Å²) in [6.07, 6.45) is 3.01. The van der Waals surface area contributed by atoms with Crippen LogP contribution >= 0.6 is 11.6 Å². The summed E-state index contributed by atoms with van der Waals surface area (Å²) in [4.78, 5) is 0. The van der Waals surface area contributed by atoms with Crippen molar-refractivity contribution in [2.24, 2.45) is 0 Å². The molecule has 0 N–H and O–H groups in total. The Labute approximate surface area is 64.0 Å². The van der Waals surface area contributed by atoms with Crippen LogP contribution in [-0.4, -0.2) is 22.3 Å². The van der Waals surface area contributed by atoms with Crippen LogP contribution in [-0.2, 0) is 4.43 Å². The third kappa shape index (κ3) is 8.21. The second-order valence-electron chi connectivity index (χ2n) is 1.69. The first-order chi connectivity index (χ1) is 4.41. The molecule has 0 atom stereocenters. The summed E-state index contributed by atoms with van der Waals surface area (Å²) < 4.78 is 5.28. The predicted octanol–water partition coefficient (Wildman–Crippen LogP) is 1.25. The molecular formula is C6H13ClOSi. The van der Waals surface area contributed by atoms with Crippen LogP contribution in [0.15, 0.2) is 11.8 Å². The highest BCUT2D eigenvalue weighted by Gasteiger charge is 1.82. The molecule has 3 heteroatoms. The van der Waals surface area contributed by atoms with Crippen molar-refractivity contribution in [1.29, 1.82) is 0 Å². The molecule has 0 rings (SSSR count). The summed E-state index contributed by atoms with van der Waals surface area (Å²) in [6.45, 7) is 2.85. The second-order valence-corrected chi connectivity index (χ2v) is 3.28. The van der Waals surface area contributed by atoms with Gasteiger partial charge in [0.25, 0.3) is 0 Å². The molecule has 0 aliphatic heterocycles. The van der Waals surface area contributed by atoms with Gasteiger partial charge in [-0.1, -0.05) is 11.8 Å². The zero-order chi connectivity index (χ0) is 6.95. The van der Waals surface area contributed by atoms with E-state index < -0.39 is 0 Å². The van der Waals surface area contributed by atoms with Crippen molar-refractivity contribution >= 4 is 21.4 Å². The summed E-state index contributed by atoms with van der Waals surface area (Å²) >= 11 is 5.43. The summed E-state index contributed by atoms with van der Waals surface area (Å²) in [5, 5.41) is 0. The first-order valence-corrected chi connectivity index (χ1v) is 5.09. The lowest BCUT2D eigenvalue weighted by Crippen LogP contribution is -1.97. The molecule has 9 heavy (non-hydrogen) atoms. The van der Waals surface area contributed by atoms with Crippen LogP contribution in [0.1, 0.15) is 13.3 Å². The minimum absolute atomic E-state index is 0.348. The van der Waals surface area contributed by atoms with E-state index >= 15 is 0 Å². The highest BCUT2D eigenvalue weighted by atomic mass is 35.5. The Morgan fingerprint density at radius 1 is 1.67 bits per heavy atom. The smallest absolute Gasteiger partial charge is 0.184 e. The summed E-state index contributed by atoms with van der Waals surface area (Å²) in [5.74, 6) is 0.713. The predicted molar refractivity (Wildman–Crippen MR) is 44.6 cm³/mol. The molecule has 0 unspecified atom stereocenters. The molecule has 0 amide bonds. The van der Waals surface area contributed by atoms with E-state index in [4.69, 9.17) is 16.0 Å². The van der Waals surface area contributed by atoms with E-state index in [9.17, 15) is 0 Å². The molecule has 0 saturated carbocycles. The molecule has 0 aromatic rings. The molecule has 0 saturated heterocycles. The lowest BCUT2D eigenvalue weighted by molar-refractivity contribution is 0.342. The maximum absolute atomic E-state index is 5.43. The van der Waals surface area contributed by atoms with E-state index in [1.807, 2.05) is 13.0 Å². The Bertz CT molecular complexity index is 75.5. The molecule has 0 bridgehead atoms. The largest absolute Gasteiger partial charge is 0.419 e. The molecule has 0 spiro atoms. The van der Waals surface area contributed by atoms with Gasteiger partial charge >= 0.3 is 0 Å². The first-order valence-electron chi connectivity index (χ1n) is 3.16. The fourth-order valence-electron chi connectivity index (χ4n) is 0.404. The third-order valence-electron chi connectivity index (χ3n) is 0.872. The molecule has 0 fully saturated rings. The molecule has 0 heterocycles. The fraction of sp³-hybridized carbons (Fsp3) is 0.667. The van der Waals surface area contributed by atoms with Crippen LogP contribution in [0.2, 0.25) is 0 Å². The van der Waals surface area contributed by atoms with Crippen molar-refractivity contribution in [2.75, 3.05) is 12.5 Å². The fourth-order valence-corrected chi connectivity index (χ4v) is 1.21. The highest BCUT2D eigenvalue weighted by molar-refractivity contribution is 6.34. The van der Waals surface area contributed by atoms with Crippen LogP contribution < -0.4 is 0 Å². The van der Waals surface area contributed by atoms with Gasteiger partial charge in [0.15, 0.2) is 9.76 Å². The van der Waals surface area contributed by atoms with Gasteiger partial charge in [-0.3, -0.25) is 0 Å². The number of allylic oxidation sites excluding steroid dienone is 1. The Kier molecular flexibility index (Phi) is 8.40. The average Bonchev–Trinajstić information content (AvgIpc) is 1.89. The van der Waals surface area contributed by atoms with E-state index in [0.717, 1.165) is 13.0 Å². The SMILES string of the molecule is CC=C[SiH2]OCCCCl. The summed E-state index contributed by atoms with van der Waals surface area (Å²) in [5.41, 5.74) is 2.12. The Morgan fingerprint density at radius 3 is 3.00 bits per heavy atom. The second kappa shape index (κ2) is 8.21. The van der Waals surface area contributed by atoms with Gasteiger partial charge in [-0.15, -0.1) is 11.6 Å². The van der Waals surface area contributed by atoms with Gasteiger partial charge in [-0.2, -0.15) is 0 Å². The van der Waals surface area contributed by atoms with Crippen LogP contribution in [0.4, 0.5) is 0 Å². The molecule has 54 valence electrons. The van der Waals surface area contributed by atoms with Crippen molar-refractivity contribution in [3.8, 4) is 0 Å². The normalized spacial score (nSPS) is 12.2. The van der Waals surface area contributed by atoms with Crippen LogP contribution in [0.3, 0.4) is 0 Å². The molecule has 0 radical (unpaired) electrons. The van der Waals surface area contributed by atoms with Gasteiger partial charge in [-0.25, -0.2) is 0 Å². The summed E-state index contributed by atoms with van der Waals surface area (Å²) in [6, 6.07) is 0. The standard InChI is InChI=1S/C6H13ClOSi/c1-2-6-9-8-5-3-4-7/h2,6H,3-5,9H2,1H3. The van der Waals surface area contributed by atoms with E-state index in [1.54, 1.807) is 0 Å². The van der Waals surface area contributed by atoms with Gasteiger partial charge in [0.2, 0.25) is 0 Å². The zero-order valence-corrected chi connectivity index (χ0v) is 7.94. The van der Waals surface area contributed by atoms with Gasteiger partial charge in [0.05, 0.1) is 0 Å². The van der Waals surface area contributed by atoms with E-state index in [1.165, 1.54) is 0 Å². The van der Waals surface area contributed by atoms with Crippen molar-refractivity contribution in [2.45, 2.75) is 13.3 Å². The quantitative estimate of drug-likeness (QED) is 0.338. The Hall–Kier alpha value is 0.207. The molecule has 0 aliphatic rings. The summed E-state index contributed by atoms with van der Waals surface area (Å²) in [7, 11) is -0.348. The van der Waals surface area contributed by atoms with Crippen molar-refractivity contribution in [3.05, 3.63) is 11.8 Å². The zero-order valence-electron chi connectivity index (χ0n) is 5.77. The van der Waals surface area contributed by atoms with Gasteiger partial charge in [-0.05, 0) is 13.3 Å². The van der Waals surface area contributed by atoms with Crippen LogP contribution in [0.25, 0.3) is 0 Å². The molecule has 0 aromatic heterocycles. The van der Waals surface area contributed by atoms with Gasteiger partial charge in [0.1, 0.15) is 0 Å². The van der Waals surface area contributed by atoms with E-state index in [2.05, 4.69) is 5.70 Å². The molecule has 0 aliphatic carbocycles. The van der Waals surface area contributed by atoms with Crippen LogP contribution in [0, 0.1) is 0 Å². The number of alkyl halides is 1. The molecular weight excluding hydrogens is 152 g/mol. The number of hydrogen-bond donors (Lipinski definition) is 0. The minimum atomic E-state index is -0.348. The third-order valence-corrected chi connectivity index (χ3v) is 2.33. The number of rotatable bonds is 5. The van der Waals surface area contributed by atoms with Crippen molar-refractivity contribution in [1.82, 2.24) is 0 Å². The van der Waals surface area contributed by atoms with E-state index in [-0.39, 0.29) is 9.76 Å². The van der Waals surface area contributed by atoms with Gasteiger partial charge in [0, 0.05) is 12.5 Å². The van der Waals surface area contributed by atoms with Crippen LogP contribution in [0.5, 0.6) is 0 Å². The lowest BCUT2D eigenvalue weighted by Gasteiger charge is -1.95. The molecule has 0 aromatic carbocycles. The van der Waals surface area contributed by atoms with Crippen molar-refractivity contribution < 1.29 is 4.43 Å². The number of halogens is 1. The Balaban J connectivity index is 2.75. The molecule has 1 nitrogen and oxygen atoms in total. The number of hydrogen-bond acceptors (Lipinski definition) is 1. The first kappa shape index (κ1) is 9.21. The average molecular weight is 165 g/mol. The minimum Gasteiger partial charge on any atom is -0.419 e. The van der Waals surface area contributed by atoms with Gasteiger partial charge < -0.3 is 4.43 Å². The maximum Gasteiger partial charge on any atom is 0.184 e. The monoisotopic (exact) mass is 164 g/mol. The highest BCUT2D eigenvalue weighted by Crippen LogP contribution is 1.84. The van der Waals surface area contributed by atoms with Crippen molar-refractivity contribution in [3.63, 3.8) is 0 Å². The Morgan fingerprint density at radius 2 is 2.44 bits per heavy atom.